The van der Waals surface area contributed by atoms with Gasteiger partial charge in [0, 0.05) is 32.2 Å². The fourth-order valence-electron chi connectivity index (χ4n) is 3.10. The monoisotopic (exact) mass is 306 g/mol. The van der Waals surface area contributed by atoms with Crippen LogP contribution in [-0.2, 0) is 12.4 Å². The van der Waals surface area contributed by atoms with Crippen molar-refractivity contribution in [2.24, 2.45) is 0 Å². The lowest BCUT2D eigenvalue weighted by molar-refractivity contribution is 0.103. The van der Waals surface area contributed by atoms with Gasteiger partial charge in [-0.3, -0.25) is 4.90 Å². The molecule has 1 saturated heterocycles. The third-order valence-electron chi connectivity index (χ3n) is 4.48. The van der Waals surface area contributed by atoms with Crippen molar-refractivity contribution in [2.45, 2.75) is 25.4 Å². The minimum atomic E-state index is 0.458. The van der Waals surface area contributed by atoms with Gasteiger partial charge in [-0.05, 0) is 38.7 Å². The zero-order chi connectivity index (χ0) is 15.0. The highest BCUT2D eigenvalue weighted by Gasteiger charge is 2.24. The normalized spacial score (nSPS) is 21.2. The summed E-state index contributed by atoms with van der Waals surface area (Å²) >= 11 is 6.12. The standard InChI is InChI=1S/C16H23ClN4/c1-12-4-5-15-14(8-12)18-16(9-17)21(15)11-13-10-19(2)6-7-20(13)3/h4-5,8,13H,6-7,9-11H2,1-3H3. The smallest absolute Gasteiger partial charge is 0.124 e. The van der Waals surface area contributed by atoms with Crippen molar-refractivity contribution in [1.82, 2.24) is 19.4 Å². The molecule has 0 saturated carbocycles. The lowest BCUT2D eigenvalue weighted by atomic mass is 10.1. The third kappa shape index (κ3) is 2.93. The number of hydrogen-bond donors (Lipinski definition) is 0. The summed E-state index contributed by atoms with van der Waals surface area (Å²) in [6.45, 7) is 6.39. The van der Waals surface area contributed by atoms with Crippen molar-refractivity contribution >= 4 is 22.6 Å². The highest BCUT2D eigenvalue weighted by molar-refractivity contribution is 6.16. The van der Waals surface area contributed by atoms with Gasteiger partial charge in [0.05, 0.1) is 16.9 Å². The first-order valence-corrected chi connectivity index (χ1v) is 8.02. The quantitative estimate of drug-likeness (QED) is 0.814. The van der Waals surface area contributed by atoms with Crippen LogP contribution in [0.15, 0.2) is 18.2 Å². The van der Waals surface area contributed by atoms with Crippen LogP contribution in [0.25, 0.3) is 11.0 Å². The molecule has 1 aliphatic heterocycles. The van der Waals surface area contributed by atoms with Crippen LogP contribution in [-0.4, -0.2) is 59.1 Å². The molecule has 21 heavy (non-hydrogen) atoms. The second-order valence-electron chi connectivity index (χ2n) is 6.16. The van der Waals surface area contributed by atoms with Gasteiger partial charge in [0.1, 0.15) is 5.82 Å². The third-order valence-corrected chi connectivity index (χ3v) is 4.71. The molecule has 0 aliphatic carbocycles. The maximum absolute atomic E-state index is 6.12. The van der Waals surface area contributed by atoms with E-state index in [-0.39, 0.29) is 0 Å². The molecule has 1 aliphatic rings. The van der Waals surface area contributed by atoms with Crippen LogP contribution in [0, 0.1) is 6.92 Å². The molecule has 4 nitrogen and oxygen atoms in total. The summed E-state index contributed by atoms with van der Waals surface area (Å²) in [5.74, 6) is 1.43. The van der Waals surface area contributed by atoms with E-state index in [1.165, 1.54) is 11.1 Å². The Hall–Kier alpha value is -1.10. The summed E-state index contributed by atoms with van der Waals surface area (Å²) in [7, 11) is 4.40. The molecular formula is C16H23ClN4. The van der Waals surface area contributed by atoms with Gasteiger partial charge in [-0.15, -0.1) is 11.6 Å². The molecule has 2 heterocycles. The first-order chi connectivity index (χ1) is 10.1. The number of imidazole rings is 1. The van der Waals surface area contributed by atoms with Gasteiger partial charge in [0.25, 0.3) is 0 Å². The predicted molar refractivity (Wildman–Crippen MR) is 87.9 cm³/mol. The Morgan fingerprint density at radius 2 is 2.10 bits per heavy atom. The number of aryl methyl sites for hydroxylation is 1. The molecule has 114 valence electrons. The predicted octanol–water partition coefficient (Wildman–Crippen LogP) is 2.33. The highest BCUT2D eigenvalue weighted by Crippen LogP contribution is 2.21. The highest BCUT2D eigenvalue weighted by atomic mass is 35.5. The van der Waals surface area contributed by atoms with Crippen LogP contribution >= 0.6 is 11.6 Å². The summed E-state index contributed by atoms with van der Waals surface area (Å²) in [5, 5.41) is 0. The van der Waals surface area contributed by atoms with Crippen LogP contribution in [0.5, 0.6) is 0 Å². The van der Waals surface area contributed by atoms with Crippen molar-refractivity contribution in [2.75, 3.05) is 33.7 Å². The molecule has 3 rings (SSSR count). The zero-order valence-electron chi connectivity index (χ0n) is 13.0. The molecule has 1 aromatic carbocycles. The van der Waals surface area contributed by atoms with E-state index in [0.717, 1.165) is 37.5 Å². The van der Waals surface area contributed by atoms with E-state index >= 15 is 0 Å². The molecule has 0 spiro atoms. The van der Waals surface area contributed by atoms with Crippen LogP contribution in [0.3, 0.4) is 0 Å². The van der Waals surface area contributed by atoms with Crippen molar-refractivity contribution in [3.8, 4) is 0 Å². The van der Waals surface area contributed by atoms with E-state index in [9.17, 15) is 0 Å². The van der Waals surface area contributed by atoms with Gasteiger partial charge in [0.2, 0.25) is 0 Å². The first-order valence-electron chi connectivity index (χ1n) is 7.49. The maximum atomic E-state index is 6.12. The number of halogens is 1. The fraction of sp³-hybridized carbons (Fsp3) is 0.562. The Bertz CT molecular complexity index is 636. The fourth-order valence-corrected chi connectivity index (χ4v) is 3.31. The molecule has 0 N–H and O–H groups in total. The van der Waals surface area contributed by atoms with Gasteiger partial charge >= 0.3 is 0 Å². The van der Waals surface area contributed by atoms with Crippen LogP contribution < -0.4 is 0 Å². The minimum Gasteiger partial charge on any atom is -0.325 e. The van der Waals surface area contributed by atoms with E-state index in [2.05, 4.69) is 53.6 Å². The number of alkyl halides is 1. The van der Waals surface area contributed by atoms with Crippen molar-refractivity contribution < 1.29 is 0 Å². The molecule has 0 radical (unpaired) electrons. The van der Waals surface area contributed by atoms with Gasteiger partial charge in [-0.25, -0.2) is 4.98 Å². The summed E-state index contributed by atoms with van der Waals surface area (Å²) in [4.78, 5) is 9.54. The number of piperazine rings is 1. The van der Waals surface area contributed by atoms with Crippen molar-refractivity contribution in [3.05, 3.63) is 29.6 Å². The Labute approximate surface area is 131 Å². The van der Waals surface area contributed by atoms with Crippen LogP contribution in [0.2, 0.25) is 0 Å². The first kappa shape index (κ1) is 14.8. The van der Waals surface area contributed by atoms with E-state index in [4.69, 9.17) is 16.6 Å². The average Bonchev–Trinajstić information content (AvgIpc) is 2.80. The molecule has 0 amide bonds. The number of aromatic nitrogens is 2. The summed E-state index contributed by atoms with van der Waals surface area (Å²) in [5.41, 5.74) is 3.48. The van der Waals surface area contributed by atoms with E-state index < -0.39 is 0 Å². The Morgan fingerprint density at radius 3 is 2.86 bits per heavy atom. The number of nitrogens with zero attached hydrogens (tertiary/aromatic N) is 4. The van der Waals surface area contributed by atoms with Crippen LogP contribution in [0.4, 0.5) is 0 Å². The zero-order valence-corrected chi connectivity index (χ0v) is 13.8. The summed E-state index contributed by atoms with van der Waals surface area (Å²) in [6.07, 6.45) is 0. The summed E-state index contributed by atoms with van der Waals surface area (Å²) in [6, 6.07) is 6.96. The Balaban J connectivity index is 1.95. The minimum absolute atomic E-state index is 0.458. The maximum Gasteiger partial charge on any atom is 0.124 e. The molecule has 1 unspecified atom stereocenters. The Morgan fingerprint density at radius 1 is 1.29 bits per heavy atom. The van der Waals surface area contributed by atoms with Gasteiger partial charge < -0.3 is 9.47 Å². The van der Waals surface area contributed by atoms with Crippen LogP contribution in [0.1, 0.15) is 11.4 Å². The van der Waals surface area contributed by atoms with E-state index in [1.54, 1.807) is 0 Å². The molecule has 2 aromatic rings. The molecule has 1 fully saturated rings. The molecular weight excluding hydrogens is 284 g/mol. The van der Waals surface area contributed by atoms with Crippen molar-refractivity contribution in [3.63, 3.8) is 0 Å². The van der Waals surface area contributed by atoms with Gasteiger partial charge in [-0.1, -0.05) is 6.07 Å². The van der Waals surface area contributed by atoms with E-state index in [0.29, 0.717) is 11.9 Å². The second kappa shape index (κ2) is 5.95. The average molecular weight is 307 g/mol. The number of hydrogen-bond acceptors (Lipinski definition) is 3. The van der Waals surface area contributed by atoms with E-state index in [1.807, 2.05) is 0 Å². The van der Waals surface area contributed by atoms with Gasteiger partial charge in [-0.2, -0.15) is 0 Å². The largest absolute Gasteiger partial charge is 0.325 e. The lowest BCUT2D eigenvalue weighted by Gasteiger charge is -2.38. The van der Waals surface area contributed by atoms with Crippen molar-refractivity contribution in [1.29, 1.82) is 0 Å². The summed E-state index contributed by atoms with van der Waals surface area (Å²) < 4.78 is 2.29. The SMILES string of the molecule is Cc1ccc2c(c1)nc(CCl)n2CC1CN(C)CCN1C. The topological polar surface area (TPSA) is 24.3 Å². The Kier molecular flexibility index (Phi) is 4.20. The number of rotatable bonds is 3. The molecule has 1 aromatic heterocycles. The second-order valence-corrected chi connectivity index (χ2v) is 6.43. The lowest BCUT2D eigenvalue weighted by Crippen LogP contribution is -2.51. The number of likely N-dealkylation sites (N-methyl/N-ethyl adjacent to an activating group) is 2. The molecule has 0 bridgehead atoms. The molecule has 1 atom stereocenters. The van der Waals surface area contributed by atoms with Gasteiger partial charge in [0.15, 0.2) is 0 Å². The number of benzene rings is 1. The number of fused-ring (bicyclic) bond motifs is 1. The molecule has 5 heteroatoms.